The van der Waals surface area contributed by atoms with E-state index < -0.39 is 41.2 Å². The number of hydrogen-bond donors (Lipinski definition) is 3. The Bertz CT molecular complexity index is 1590. The summed E-state index contributed by atoms with van der Waals surface area (Å²) in [6, 6.07) is 12.8. The Hall–Kier alpha value is -3.80. The van der Waals surface area contributed by atoms with Crippen molar-refractivity contribution in [3.63, 3.8) is 0 Å². The Labute approximate surface area is 189 Å². The van der Waals surface area contributed by atoms with Gasteiger partial charge in [0, 0.05) is 22.1 Å². The molecule has 33 heavy (non-hydrogen) atoms. The molecule has 1 aliphatic carbocycles. The predicted molar refractivity (Wildman–Crippen MR) is 121 cm³/mol. The zero-order valence-electron chi connectivity index (χ0n) is 16.8. The van der Waals surface area contributed by atoms with E-state index in [9.17, 15) is 31.0 Å². The summed E-state index contributed by atoms with van der Waals surface area (Å²) in [4.78, 5) is 24.6. The third-order valence-electron chi connectivity index (χ3n) is 5.16. The van der Waals surface area contributed by atoms with Crippen LogP contribution in [-0.4, -0.2) is 33.0 Å². The number of nitrogen functional groups attached to an aromatic ring is 1. The fraction of sp³-hybridized carbons (Fsp3) is 0. The lowest BCUT2D eigenvalue weighted by Crippen LogP contribution is -2.22. The molecule has 11 heteroatoms. The SMILES string of the molecule is C=CS(=O)(=O)c1ccc(Nc2cccc3c2C(=O)c2ccccc2C3=O)c(S(=O)(=O)O)c1N. The molecule has 0 spiro atoms. The van der Waals surface area contributed by atoms with Crippen LogP contribution in [0.1, 0.15) is 31.8 Å². The fourth-order valence-electron chi connectivity index (χ4n) is 3.69. The second-order valence-electron chi connectivity index (χ2n) is 7.10. The van der Waals surface area contributed by atoms with Gasteiger partial charge in [-0.1, -0.05) is 43.0 Å². The molecule has 3 aromatic rings. The van der Waals surface area contributed by atoms with Crippen LogP contribution in [0.15, 0.2) is 76.4 Å². The number of anilines is 3. The summed E-state index contributed by atoms with van der Waals surface area (Å²) in [5, 5.41) is 3.31. The maximum Gasteiger partial charge on any atom is 0.298 e. The van der Waals surface area contributed by atoms with Gasteiger partial charge in [-0.3, -0.25) is 14.1 Å². The summed E-state index contributed by atoms with van der Waals surface area (Å²) < 4.78 is 58.3. The molecule has 0 unspecified atom stereocenters. The summed E-state index contributed by atoms with van der Waals surface area (Å²) >= 11 is 0. The number of sulfone groups is 1. The molecule has 1 aliphatic rings. The van der Waals surface area contributed by atoms with Gasteiger partial charge in [0.2, 0.25) is 9.84 Å². The van der Waals surface area contributed by atoms with Gasteiger partial charge in [-0.25, -0.2) is 8.42 Å². The molecule has 168 valence electrons. The molecule has 0 bridgehead atoms. The number of nitrogens with two attached hydrogens (primary N) is 1. The molecule has 9 nitrogen and oxygen atoms in total. The van der Waals surface area contributed by atoms with E-state index in [0.717, 1.165) is 12.1 Å². The summed E-state index contributed by atoms with van der Waals surface area (Å²) in [6.45, 7) is 3.17. The van der Waals surface area contributed by atoms with E-state index in [4.69, 9.17) is 5.73 Å². The third-order valence-corrected chi connectivity index (χ3v) is 7.53. The average Bonchev–Trinajstić information content (AvgIpc) is 2.76. The number of benzene rings is 3. The first kappa shape index (κ1) is 22.4. The standard InChI is InChI=1S/C22H16N2O7S2/c1-2-32(27,28)17-11-10-16(22(19(17)23)33(29,30)31)24-15-9-5-8-14-18(15)21(26)13-7-4-3-6-12(13)20(14)25/h2-11,24H,1,23H2,(H,29,30,31). The molecule has 0 heterocycles. The van der Waals surface area contributed by atoms with Crippen LogP contribution in [-0.2, 0) is 20.0 Å². The average molecular weight is 485 g/mol. The Morgan fingerprint density at radius 1 is 0.818 bits per heavy atom. The van der Waals surface area contributed by atoms with Crippen molar-refractivity contribution in [3.8, 4) is 0 Å². The van der Waals surface area contributed by atoms with E-state index in [1.165, 1.54) is 30.3 Å². The highest BCUT2D eigenvalue weighted by Gasteiger charge is 2.32. The highest BCUT2D eigenvalue weighted by Crippen LogP contribution is 2.38. The van der Waals surface area contributed by atoms with Gasteiger partial charge in [-0.15, -0.1) is 0 Å². The first-order valence-corrected chi connectivity index (χ1v) is 12.3. The van der Waals surface area contributed by atoms with Crippen molar-refractivity contribution in [3.05, 3.63) is 88.8 Å². The third kappa shape index (κ3) is 3.61. The molecular formula is C22H16N2O7S2. The van der Waals surface area contributed by atoms with Gasteiger partial charge in [0.05, 0.1) is 27.5 Å². The highest BCUT2D eigenvalue weighted by atomic mass is 32.2. The Morgan fingerprint density at radius 2 is 1.42 bits per heavy atom. The van der Waals surface area contributed by atoms with E-state index in [0.29, 0.717) is 5.41 Å². The van der Waals surface area contributed by atoms with E-state index in [1.807, 2.05) is 0 Å². The van der Waals surface area contributed by atoms with Gasteiger partial charge >= 0.3 is 0 Å². The molecule has 0 aliphatic heterocycles. The molecule has 4 rings (SSSR count). The van der Waals surface area contributed by atoms with E-state index in [2.05, 4.69) is 11.9 Å². The van der Waals surface area contributed by atoms with Crippen LogP contribution >= 0.6 is 0 Å². The molecule has 0 fully saturated rings. The van der Waals surface area contributed by atoms with Crippen molar-refractivity contribution < 1.29 is 31.0 Å². The van der Waals surface area contributed by atoms with Gasteiger partial charge in [0.15, 0.2) is 11.6 Å². The zero-order chi connectivity index (χ0) is 24.1. The van der Waals surface area contributed by atoms with Crippen LogP contribution in [0.3, 0.4) is 0 Å². The minimum absolute atomic E-state index is 0.00356. The van der Waals surface area contributed by atoms with E-state index in [1.54, 1.807) is 12.1 Å². The van der Waals surface area contributed by atoms with Gasteiger partial charge in [0.1, 0.15) is 4.90 Å². The van der Waals surface area contributed by atoms with Crippen LogP contribution in [0.5, 0.6) is 0 Å². The van der Waals surface area contributed by atoms with Crippen molar-refractivity contribution in [1.29, 1.82) is 0 Å². The van der Waals surface area contributed by atoms with Crippen LogP contribution < -0.4 is 11.1 Å². The van der Waals surface area contributed by atoms with Gasteiger partial charge in [-0.05, 0) is 18.2 Å². The van der Waals surface area contributed by atoms with Gasteiger partial charge in [-0.2, -0.15) is 8.42 Å². The Kier molecular flexibility index (Phi) is 5.20. The van der Waals surface area contributed by atoms with Crippen molar-refractivity contribution >= 4 is 48.6 Å². The minimum Gasteiger partial charge on any atom is -0.396 e. The number of fused-ring (bicyclic) bond motifs is 2. The van der Waals surface area contributed by atoms with Gasteiger partial charge in [0.25, 0.3) is 10.1 Å². The molecule has 0 radical (unpaired) electrons. The van der Waals surface area contributed by atoms with Crippen molar-refractivity contribution in [2.75, 3.05) is 11.1 Å². The lowest BCUT2D eigenvalue weighted by Gasteiger charge is -2.21. The predicted octanol–water partition coefficient (Wildman–Crippen LogP) is 2.95. The van der Waals surface area contributed by atoms with Crippen LogP contribution in [0, 0.1) is 0 Å². The van der Waals surface area contributed by atoms with E-state index in [-0.39, 0.29) is 39.4 Å². The molecule has 0 saturated heterocycles. The monoisotopic (exact) mass is 484 g/mol. The molecule has 0 aromatic heterocycles. The second-order valence-corrected chi connectivity index (χ2v) is 10.3. The topological polar surface area (TPSA) is 161 Å². The number of rotatable bonds is 5. The molecule has 4 N–H and O–H groups in total. The lowest BCUT2D eigenvalue weighted by molar-refractivity contribution is 0.0979. The normalized spacial score (nSPS) is 13.2. The summed E-state index contributed by atoms with van der Waals surface area (Å²) in [6.07, 6.45) is 0. The number of ketones is 2. The van der Waals surface area contributed by atoms with Crippen molar-refractivity contribution in [2.24, 2.45) is 0 Å². The number of carbonyl (C=O) groups excluding carboxylic acids is 2. The van der Waals surface area contributed by atoms with Crippen molar-refractivity contribution in [2.45, 2.75) is 9.79 Å². The van der Waals surface area contributed by atoms with Crippen LogP contribution in [0.4, 0.5) is 17.1 Å². The maximum atomic E-state index is 13.2. The molecule has 0 amide bonds. The Morgan fingerprint density at radius 3 is 2.03 bits per heavy atom. The van der Waals surface area contributed by atoms with Gasteiger partial charge < -0.3 is 11.1 Å². The number of hydrogen-bond acceptors (Lipinski definition) is 8. The lowest BCUT2D eigenvalue weighted by atomic mass is 9.83. The van der Waals surface area contributed by atoms with Crippen LogP contribution in [0.2, 0.25) is 0 Å². The number of nitrogens with one attached hydrogen (secondary N) is 1. The fourth-order valence-corrected chi connectivity index (χ4v) is 5.39. The molecule has 3 aromatic carbocycles. The second kappa shape index (κ2) is 7.66. The zero-order valence-corrected chi connectivity index (χ0v) is 18.4. The van der Waals surface area contributed by atoms with E-state index >= 15 is 0 Å². The first-order valence-electron chi connectivity index (χ1n) is 9.33. The summed E-state index contributed by atoms with van der Waals surface area (Å²) in [5.74, 6) is -0.846. The van der Waals surface area contributed by atoms with Crippen LogP contribution in [0.25, 0.3) is 0 Å². The summed E-state index contributed by atoms with van der Waals surface area (Å²) in [7, 11) is -9.14. The largest absolute Gasteiger partial charge is 0.396 e. The Balaban J connectivity index is 1.92. The summed E-state index contributed by atoms with van der Waals surface area (Å²) in [5.41, 5.74) is 5.41. The molecular weight excluding hydrogens is 468 g/mol. The maximum absolute atomic E-state index is 13.2. The smallest absolute Gasteiger partial charge is 0.298 e. The molecule has 0 saturated carbocycles. The first-order chi connectivity index (χ1) is 15.5. The minimum atomic E-state index is -5.01. The number of carbonyl (C=O) groups is 2. The molecule has 0 atom stereocenters. The quantitative estimate of drug-likeness (QED) is 0.286. The highest BCUT2D eigenvalue weighted by molar-refractivity contribution is 7.94. The van der Waals surface area contributed by atoms with Crippen molar-refractivity contribution in [1.82, 2.24) is 0 Å².